The van der Waals surface area contributed by atoms with Crippen LogP contribution in [-0.4, -0.2) is 20.0 Å². The molecule has 0 heterocycles. The Kier molecular flexibility index (Phi) is 5.80. The first-order valence-corrected chi connectivity index (χ1v) is 11.7. The zero-order valence-corrected chi connectivity index (χ0v) is 16.3. The van der Waals surface area contributed by atoms with Gasteiger partial charge in [-0.3, -0.25) is 9.59 Å². The van der Waals surface area contributed by atoms with Crippen LogP contribution < -0.4 is 9.92 Å². The molecule has 0 aliphatic rings. The number of ether oxygens (including phenoxy) is 2. The van der Waals surface area contributed by atoms with Gasteiger partial charge in [0, 0.05) is 13.8 Å². The zero-order valence-electron chi connectivity index (χ0n) is 15.3. The number of esters is 2. The molecular weight excluding hydrogens is 332 g/mol. The summed E-state index contributed by atoms with van der Waals surface area (Å²) in [6.07, 6.45) is -0.487. The Bertz CT molecular complexity index is 743. The van der Waals surface area contributed by atoms with E-state index in [1.165, 1.54) is 19.0 Å². The first-order chi connectivity index (χ1) is 11.7. The van der Waals surface area contributed by atoms with Crippen LogP contribution in [0.3, 0.4) is 0 Å². The minimum atomic E-state index is -1.38. The molecule has 0 amide bonds. The van der Waals surface area contributed by atoms with Gasteiger partial charge < -0.3 is 9.47 Å². The second-order valence-corrected chi connectivity index (χ2v) is 12.1. The first kappa shape index (κ1) is 18.9. The third-order valence-electron chi connectivity index (χ3n) is 3.81. The maximum atomic E-state index is 11.6. The third kappa shape index (κ3) is 5.29. The van der Waals surface area contributed by atoms with Gasteiger partial charge in [-0.1, -0.05) is 61.2 Å². The van der Waals surface area contributed by atoms with Crippen LogP contribution in [0, 0.1) is 0 Å². The SMILES string of the molecule is CC(=O)Oc1ccc(C(OC(C)=O)c2ccc([Si](C)(C)C)cc2)cc1. The van der Waals surface area contributed by atoms with E-state index >= 15 is 0 Å². The van der Waals surface area contributed by atoms with Crippen molar-refractivity contribution in [3.8, 4) is 5.75 Å². The highest BCUT2D eigenvalue weighted by Crippen LogP contribution is 2.27. The van der Waals surface area contributed by atoms with E-state index in [0.29, 0.717) is 5.75 Å². The van der Waals surface area contributed by atoms with Gasteiger partial charge in [0.1, 0.15) is 5.75 Å². The molecule has 2 aromatic carbocycles. The first-order valence-electron chi connectivity index (χ1n) is 8.23. The van der Waals surface area contributed by atoms with Gasteiger partial charge in [0.05, 0.1) is 8.07 Å². The van der Waals surface area contributed by atoms with E-state index in [1.807, 2.05) is 12.1 Å². The van der Waals surface area contributed by atoms with E-state index in [1.54, 1.807) is 24.3 Å². The van der Waals surface area contributed by atoms with Crippen molar-refractivity contribution in [3.05, 3.63) is 59.7 Å². The van der Waals surface area contributed by atoms with Gasteiger partial charge in [-0.15, -0.1) is 0 Å². The second-order valence-electron chi connectivity index (χ2n) is 7.02. The molecule has 0 aromatic heterocycles. The van der Waals surface area contributed by atoms with Gasteiger partial charge >= 0.3 is 11.9 Å². The largest absolute Gasteiger partial charge is 0.453 e. The lowest BCUT2D eigenvalue weighted by atomic mass is 10.0. The molecule has 0 spiro atoms. The van der Waals surface area contributed by atoms with Gasteiger partial charge in [0.2, 0.25) is 0 Å². The lowest BCUT2D eigenvalue weighted by Gasteiger charge is -2.21. The average Bonchev–Trinajstić information content (AvgIpc) is 2.52. The van der Waals surface area contributed by atoms with Crippen LogP contribution in [0.4, 0.5) is 0 Å². The molecule has 0 bridgehead atoms. The van der Waals surface area contributed by atoms with Crippen LogP contribution >= 0.6 is 0 Å². The van der Waals surface area contributed by atoms with Crippen LogP contribution in [0.25, 0.3) is 0 Å². The summed E-state index contributed by atoms with van der Waals surface area (Å²) in [5.74, 6) is -0.249. The van der Waals surface area contributed by atoms with Crippen molar-refractivity contribution < 1.29 is 19.1 Å². The van der Waals surface area contributed by atoms with Crippen LogP contribution in [-0.2, 0) is 14.3 Å². The van der Waals surface area contributed by atoms with Crippen molar-refractivity contribution in [1.82, 2.24) is 0 Å². The molecular formula is C20H24O4Si. The number of rotatable bonds is 5. The second kappa shape index (κ2) is 7.65. The summed E-state index contributed by atoms with van der Waals surface area (Å²) in [6.45, 7) is 9.63. The summed E-state index contributed by atoms with van der Waals surface area (Å²) in [4.78, 5) is 22.6. The predicted molar refractivity (Wildman–Crippen MR) is 101 cm³/mol. The summed E-state index contributed by atoms with van der Waals surface area (Å²) in [5, 5.41) is 1.35. The molecule has 0 aliphatic heterocycles. The lowest BCUT2D eigenvalue weighted by molar-refractivity contribution is -0.144. The fourth-order valence-corrected chi connectivity index (χ4v) is 3.70. The zero-order chi connectivity index (χ0) is 18.6. The average molecular weight is 356 g/mol. The van der Waals surface area contributed by atoms with E-state index in [0.717, 1.165) is 11.1 Å². The highest BCUT2D eigenvalue weighted by atomic mass is 28.3. The van der Waals surface area contributed by atoms with Crippen molar-refractivity contribution in [2.45, 2.75) is 39.6 Å². The maximum absolute atomic E-state index is 11.6. The molecule has 25 heavy (non-hydrogen) atoms. The van der Waals surface area contributed by atoms with Crippen LogP contribution in [0.1, 0.15) is 31.1 Å². The topological polar surface area (TPSA) is 52.6 Å². The molecule has 132 valence electrons. The van der Waals surface area contributed by atoms with Crippen LogP contribution in [0.2, 0.25) is 19.6 Å². The Labute approximate surface area is 149 Å². The Morgan fingerprint density at radius 3 is 1.68 bits per heavy atom. The molecule has 0 saturated carbocycles. The molecule has 1 unspecified atom stereocenters. The molecule has 0 fully saturated rings. The molecule has 1 atom stereocenters. The Morgan fingerprint density at radius 2 is 1.28 bits per heavy atom. The highest BCUT2D eigenvalue weighted by Gasteiger charge is 2.20. The molecule has 2 aromatic rings. The fraction of sp³-hybridized carbons (Fsp3) is 0.300. The summed E-state index contributed by atoms with van der Waals surface area (Å²) >= 11 is 0. The number of carbonyl (C=O) groups excluding carboxylic acids is 2. The van der Waals surface area contributed by atoms with Crippen LogP contribution in [0.5, 0.6) is 5.75 Å². The van der Waals surface area contributed by atoms with Crippen molar-refractivity contribution in [3.63, 3.8) is 0 Å². The minimum absolute atomic E-state index is 0.344. The maximum Gasteiger partial charge on any atom is 0.308 e. The van der Waals surface area contributed by atoms with Crippen molar-refractivity contribution in [2.24, 2.45) is 0 Å². The van der Waals surface area contributed by atoms with Gasteiger partial charge in [-0.25, -0.2) is 0 Å². The normalized spacial score (nSPS) is 12.4. The Morgan fingerprint density at radius 1 is 0.800 bits per heavy atom. The number of hydrogen-bond acceptors (Lipinski definition) is 4. The minimum Gasteiger partial charge on any atom is -0.453 e. The third-order valence-corrected chi connectivity index (χ3v) is 5.87. The smallest absolute Gasteiger partial charge is 0.308 e. The molecule has 0 radical (unpaired) electrons. The fourth-order valence-electron chi connectivity index (χ4n) is 2.53. The molecule has 0 saturated heterocycles. The van der Waals surface area contributed by atoms with Gasteiger partial charge in [-0.05, 0) is 23.3 Å². The van der Waals surface area contributed by atoms with E-state index < -0.39 is 14.2 Å². The molecule has 0 N–H and O–H groups in total. The highest BCUT2D eigenvalue weighted by molar-refractivity contribution is 6.88. The molecule has 4 nitrogen and oxygen atoms in total. The molecule has 2 rings (SSSR count). The molecule has 0 aliphatic carbocycles. The van der Waals surface area contributed by atoms with E-state index in [4.69, 9.17) is 9.47 Å². The van der Waals surface area contributed by atoms with E-state index in [-0.39, 0.29) is 11.9 Å². The standard InChI is InChI=1S/C20H24O4Si/c1-14(21)23-18-10-6-16(7-11-18)20(24-15(2)22)17-8-12-19(13-9-17)25(3,4)5/h6-13,20H,1-5H3. The summed E-state index contributed by atoms with van der Waals surface area (Å²) in [6, 6.07) is 15.3. The van der Waals surface area contributed by atoms with Gasteiger partial charge in [0.15, 0.2) is 6.10 Å². The summed E-state index contributed by atoms with van der Waals surface area (Å²) < 4.78 is 10.6. The van der Waals surface area contributed by atoms with Gasteiger partial charge in [-0.2, -0.15) is 0 Å². The number of carbonyl (C=O) groups is 2. The van der Waals surface area contributed by atoms with E-state index in [2.05, 4.69) is 31.8 Å². The van der Waals surface area contributed by atoms with Crippen molar-refractivity contribution in [1.29, 1.82) is 0 Å². The lowest BCUT2D eigenvalue weighted by Crippen LogP contribution is -2.37. The quantitative estimate of drug-likeness (QED) is 0.464. The number of benzene rings is 2. The predicted octanol–water partition coefficient (Wildman–Crippen LogP) is 3.81. The summed E-state index contributed by atoms with van der Waals surface area (Å²) in [5.41, 5.74) is 1.74. The Balaban J connectivity index is 2.32. The number of hydrogen-bond donors (Lipinski definition) is 0. The molecule has 5 heteroatoms. The monoisotopic (exact) mass is 356 g/mol. The Hall–Kier alpha value is -2.40. The van der Waals surface area contributed by atoms with Crippen molar-refractivity contribution >= 4 is 25.2 Å². The van der Waals surface area contributed by atoms with Crippen LogP contribution in [0.15, 0.2) is 48.5 Å². The van der Waals surface area contributed by atoms with Gasteiger partial charge in [0.25, 0.3) is 0 Å². The van der Waals surface area contributed by atoms with E-state index in [9.17, 15) is 9.59 Å². The van der Waals surface area contributed by atoms with Crippen molar-refractivity contribution in [2.75, 3.05) is 0 Å². The summed E-state index contributed by atoms with van der Waals surface area (Å²) in [7, 11) is -1.38.